The molecule has 1 aliphatic heterocycles. The minimum atomic E-state index is -0.535. The van der Waals surface area contributed by atoms with Gasteiger partial charge in [0, 0.05) is 43.6 Å². The zero-order valence-electron chi connectivity index (χ0n) is 26.5. The van der Waals surface area contributed by atoms with Gasteiger partial charge < -0.3 is 25.2 Å². The highest BCUT2D eigenvalue weighted by Gasteiger charge is 2.23. The van der Waals surface area contributed by atoms with E-state index in [4.69, 9.17) is 10.5 Å². The summed E-state index contributed by atoms with van der Waals surface area (Å²) in [4.78, 5) is 38.8. The standard InChI is InChI=1S/C33H49N5O3S/c1-8-17-38(23-25-15-13-24(14-16-25)22-37(7)32(40)41-33(2,3)4)31(39)26-19-29-28(35-30(34)20-26)21-27(42-29)12-10-9-11-18-36(5)6/h13-16,19,21H,8-12,17-18,20,22-23H2,1-7H3,(H2,34,35). The SMILES string of the molecule is CCCN(Cc1ccc(CN(C)C(=O)OC(C)(C)C)cc1)C(=O)C1=Cc2sc(CCCCCN(C)C)cc2N=C(N)C1. The maximum atomic E-state index is 13.8. The van der Waals surface area contributed by atoms with Crippen molar-refractivity contribution in [3.8, 4) is 0 Å². The van der Waals surface area contributed by atoms with E-state index in [0.717, 1.165) is 47.5 Å². The fourth-order valence-corrected chi connectivity index (χ4v) is 5.88. The lowest BCUT2D eigenvalue weighted by Crippen LogP contribution is -2.34. The Morgan fingerprint density at radius 3 is 2.29 bits per heavy atom. The van der Waals surface area contributed by atoms with Crippen molar-refractivity contribution >= 4 is 40.9 Å². The van der Waals surface area contributed by atoms with Crippen LogP contribution in [0.2, 0.25) is 0 Å². The van der Waals surface area contributed by atoms with Crippen LogP contribution in [0.3, 0.4) is 0 Å². The highest BCUT2D eigenvalue weighted by Crippen LogP contribution is 2.35. The molecule has 2 N–H and O–H groups in total. The average molecular weight is 596 g/mol. The number of carbonyl (C=O) groups excluding carboxylic acids is 2. The number of aliphatic imine (C=N–C) groups is 1. The van der Waals surface area contributed by atoms with E-state index < -0.39 is 5.60 Å². The van der Waals surface area contributed by atoms with E-state index in [1.807, 2.05) is 56.0 Å². The zero-order valence-corrected chi connectivity index (χ0v) is 27.4. The van der Waals surface area contributed by atoms with Crippen molar-refractivity contribution in [3.63, 3.8) is 0 Å². The quantitative estimate of drug-likeness (QED) is 0.263. The minimum Gasteiger partial charge on any atom is -0.444 e. The van der Waals surface area contributed by atoms with Crippen LogP contribution < -0.4 is 5.73 Å². The molecule has 0 fully saturated rings. The van der Waals surface area contributed by atoms with Crippen molar-refractivity contribution < 1.29 is 14.3 Å². The molecule has 0 unspecified atom stereocenters. The lowest BCUT2D eigenvalue weighted by molar-refractivity contribution is -0.127. The third-order valence-corrected chi connectivity index (χ3v) is 7.97. The van der Waals surface area contributed by atoms with Gasteiger partial charge in [-0.25, -0.2) is 9.79 Å². The zero-order chi connectivity index (χ0) is 30.9. The summed E-state index contributed by atoms with van der Waals surface area (Å²) in [5.74, 6) is 0.466. The largest absolute Gasteiger partial charge is 0.444 e. The van der Waals surface area contributed by atoms with Crippen molar-refractivity contribution in [3.05, 3.63) is 56.8 Å². The molecule has 3 rings (SSSR count). The van der Waals surface area contributed by atoms with Gasteiger partial charge in [0.15, 0.2) is 0 Å². The number of fused-ring (bicyclic) bond motifs is 1. The van der Waals surface area contributed by atoms with Crippen LogP contribution in [0.25, 0.3) is 6.08 Å². The Morgan fingerprint density at radius 2 is 1.67 bits per heavy atom. The molecule has 0 saturated heterocycles. The molecule has 1 aliphatic rings. The van der Waals surface area contributed by atoms with Crippen molar-refractivity contribution in [1.29, 1.82) is 0 Å². The molecule has 2 amide bonds. The summed E-state index contributed by atoms with van der Waals surface area (Å²) in [7, 11) is 5.95. The monoisotopic (exact) mass is 595 g/mol. The number of carbonyl (C=O) groups is 2. The fraction of sp³-hybridized carbons (Fsp3) is 0.545. The van der Waals surface area contributed by atoms with Crippen LogP contribution in [-0.4, -0.2) is 72.4 Å². The second kappa shape index (κ2) is 15.3. The molecule has 42 heavy (non-hydrogen) atoms. The van der Waals surface area contributed by atoms with Gasteiger partial charge in [0.25, 0.3) is 5.91 Å². The first kappa shape index (κ1) is 33.3. The number of amidine groups is 1. The first-order chi connectivity index (χ1) is 19.8. The van der Waals surface area contributed by atoms with Gasteiger partial charge in [-0.1, -0.05) is 37.6 Å². The summed E-state index contributed by atoms with van der Waals surface area (Å²) in [5.41, 5.74) is 9.34. The molecular formula is C33H49N5O3S. The molecule has 0 aliphatic carbocycles. The van der Waals surface area contributed by atoms with Crippen molar-refractivity contribution in [2.24, 2.45) is 10.7 Å². The normalized spacial score (nSPS) is 13.2. The Hall–Kier alpha value is -3.17. The van der Waals surface area contributed by atoms with Crippen LogP contribution in [0, 0.1) is 0 Å². The Balaban J connectivity index is 1.67. The molecule has 0 saturated carbocycles. The summed E-state index contributed by atoms with van der Waals surface area (Å²) in [6, 6.07) is 10.2. The van der Waals surface area contributed by atoms with Gasteiger partial charge in [-0.05, 0) is 90.4 Å². The van der Waals surface area contributed by atoms with E-state index in [0.29, 0.717) is 37.5 Å². The predicted octanol–water partition coefficient (Wildman–Crippen LogP) is 6.60. The van der Waals surface area contributed by atoms with Gasteiger partial charge in [0.05, 0.1) is 10.6 Å². The van der Waals surface area contributed by atoms with E-state index in [9.17, 15) is 9.59 Å². The van der Waals surface area contributed by atoms with E-state index in [1.54, 1.807) is 23.3 Å². The molecule has 0 bridgehead atoms. The number of ether oxygens (including phenoxy) is 1. The number of benzene rings is 1. The van der Waals surface area contributed by atoms with E-state index >= 15 is 0 Å². The maximum absolute atomic E-state index is 13.8. The topological polar surface area (TPSA) is 91.5 Å². The van der Waals surface area contributed by atoms with E-state index in [2.05, 4.69) is 37.0 Å². The highest BCUT2D eigenvalue weighted by atomic mass is 32.1. The number of nitrogens with zero attached hydrogens (tertiary/aromatic N) is 4. The van der Waals surface area contributed by atoms with Gasteiger partial charge in [-0.15, -0.1) is 11.3 Å². The smallest absolute Gasteiger partial charge is 0.410 e. The number of nitrogens with two attached hydrogens (primary N) is 1. The lowest BCUT2D eigenvalue weighted by atomic mass is 10.1. The third kappa shape index (κ3) is 10.6. The van der Waals surface area contributed by atoms with E-state index in [1.165, 1.54) is 17.7 Å². The average Bonchev–Trinajstić information content (AvgIpc) is 3.19. The van der Waals surface area contributed by atoms with Crippen LogP contribution in [-0.2, 0) is 29.0 Å². The molecule has 9 heteroatoms. The number of unbranched alkanes of at least 4 members (excludes halogenated alkanes) is 2. The molecular weight excluding hydrogens is 546 g/mol. The molecule has 8 nitrogen and oxygen atoms in total. The first-order valence-corrected chi connectivity index (χ1v) is 15.8. The Bertz CT molecular complexity index is 1260. The van der Waals surface area contributed by atoms with Crippen LogP contribution in [0.4, 0.5) is 10.5 Å². The molecule has 0 atom stereocenters. The minimum absolute atomic E-state index is 0.00442. The number of hydrogen-bond acceptors (Lipinski definition) is 7. The molecule has 1 aromatic heterocycles. The van der Waals surface area contributed by atoms with Gasteiger partial charge in [0.1, 0.15) is 11.4 Å². The maximum Gasteiger partial charge on any atom is 0.410 e. The van der Waals surface area contributed by atoms with Gasteiger partial charge in [0.2, 0.25) is 0 Å². The Labute approximate surface area is 256 Å². The number of amides is 2. The summed E-state index contributed by atoms with van der Waals surface area (Å²) < 4.78 is 5.45. The van der Waals surface area contributed by atoms with Crippen molar-refractivity contribution in [2.45, 2.75) is 84.9 Å². The van der Waals surface area contributed by atoms with Crippen LogP contribution in [0.1, 0.15) is 80.7 Å². The molecule has 2 aromatic rings. The van der Waals surface area contributed by atoms with E-state index in [-0.39, 0.29) is 12.0 Å². The number of hydrogen-bond donors (Lipinski definition) is 1. The molecule has 0 spiro atoms. The Morgan fingerprint density at radius 1 is 1.00 bits per heavy atom. The lowest BCUT2D eigenvalue weighted by Gasteiger charge is -2.25. The van der Waals surface area contributed by atoms with Crippen LogP contribution in [0.5, 0.6) is 0 Å². The van der Waals surface area contributed by atoms with Crippen LogP contribution >= 0.6 is 11.3 Å². The molecule has 230 valence electrons. The highest BCUT2D eigenvalue weighted by molar-refractivity contribution is 7.13. The summed E-state index contributed by atoms with van der Waals surface area (Å²) in [6.07, 6.45) is 7.39. The second-order valence-electron chi connectivity index (χ2n) is 12.4. The molecule has 0 radical (unpaired) electrons. The number of aryl methyl sites for hydroxylation is 1. The fourth-order valence-electron chi connectivity index (χ4n) is 4.77. The van der Waals surface area contributed by atoms with Gasteiger partial charge >= 0.3 is 6.09 Å². The summed E-state index contributed by atoms with van der Waals surface area (Å²) in [5, 5.41) is 0. The molecule has 1 aromatic carbocycles. The predicted molar refractivity (Wildman–Crippen MR) is 174 cm³/mol. The molecule has 2 heterocycles. The second-order valence-corrected chi connectivity index (χ2v) is 13.6. The first-order valence-electron chi connectivity index (χ1n) is 15.0. The third-order valence-electron chi connectivity index (χ3n) is 6.84. The summed E-state index contributed by atoms with van der Waals surface area (Å²) in [6.45, 7) is 10.3. The number of thiophene rings is 1. The Kier molecular flexibility index (Phi) is 12.2. The van der Waals surface area contributed by atoms with Gasteiger partial charge in [-0.3, -0.25) is 4.79 Å². The van der Waals surface area contributed by atoms with Crippen LogP contribution in [0.15, 0.2) is 40.9 Å². The van der Waals surface area contributed by atoms with Gasteiger partial charge in [-0.2, -0.15) is 0 Å². The number of rotatable bonds is 13. The van der Waals surface area contributed by atoms with Crippen molar-refractivity contribution in [1.82, 2.24) is 14.7 Å². The summed E-state index contributed by atoms with van der Waals surface area (Å²) >= 11 is 1.72. The van der Waals surface area contributed by atoms with Crippen molar-refractivity contribution in [2.75, 3.05) is 34.2 Å².